The summed E-state index contributed by atoms with van der Waals surface area (Å²) in [5.74, 6) is 0.901. The van der Waals surface area contributed by atoms with Crippen LogP contribution in [0.5, 0.6) is 5.75 Å². The third-order valence-electron chi connectivity index (χ3n) is 4.75. The molecule has 1 N–H and O–H groups in total. The van der Waals surface area contributed by atoms with Gasteiger partial charge < -0.3 is 5.11 Å². The van der Waals surface area contributed by atoms with Crippen molar-refractivity contribution in [2.45, 2.75) is 50.9 Å². The average Bonchev–Trinajstić information content (AvgIpc) is 2.55. The Bertz CT molecular complexity index is 640. The summed E-state index contributed by atoms with van der Waals surface area (Å²) in [5.41, 5.74) is 2.82. The first-order valence-electron chi connectivity index (χ1n) is 8.75. The minimum atomic E-state index is 0.415. The predicted molar refractivity (Wildman–Crippen MR) is 96.9 cm³/mol. The van der Waals surface area contributed by atoms with E-state index >= 15 is 0 Å². The third-order valence-corrected chi connectivity index (χ3v) is 4.75. The van der Waals surface area contributed by atoms with Gasteiger partial charge >= 0.3 is 0 Å². The molecule has 2 aromatic rings. The molecule has 1 saturated carbocycles. The van der Waals surface area contributed by atoms with Gasteiger partial charge in [-0.2, -0.15) is 0 Å². The summed E-state index contributed by atoms with van der Waals surface area (Å²) >= 11 is 0. The maximum Gasteiger partial charge on any atom is 0.127 e. The van der Waals surface area contributed by atoms with Gasteiger partial charge in [0.05, 0.1) is 5.69 Å². The fourth-order valence-corrected chi connectivity index (χ4v) is 3.44. The number of phenols is 1. The molecule has 2 nitrogen and oxygen atoms in total. The molecule has 23 heavy (non-hydrogen) atoms. The van der Waals surface area contributed by atoms with Crippen LogP contribution in [0.3, 0.4) is 0 Å². The summed E-state index contributed by atoms with van der Waals surface area (Å²) in [6, 6.07) is 15.9. The quantitative estimate of drug-likeness (QED) is 0.696. The molecular weight excluding hydrogens is 282 g/mol. The number of aromatic hydroxyl groups is 1. The maximum atomic E-state index is 10.7. The lowest BCUT2D eigenvalue weighted by molar-refractivity contribution is 0.424. The van der Waals surface area contributed by atoms with Gasteiger partial charge in [0, 0.05) is 11.8 Å². The van der Waals surface area contributed by atoms with Crippen LogP contribution in [-0.2, 0) is 0 Å². The van der Waals surface area contributed by atoms with Gasteiger partial charge in [0.1, 0.15) is 5.75 Å². The Morgan fingerprint density at radius 3 is 2.26 bits per heavy atom. The van der Waals surface area contributed by atoms with Gasteiger partial charge in [0.2, 0.25) is 0 Å². The smallest absolute Gasteiger partial charge is 0.127 e. The van der Waals surface area contributed by atoms with Crippen molar-refractivity contribution in [3.8, 4) is 5.75 Å². The van der Waals surface area contributed by atoms with E-state index in [4.69, 9.17) is 0 Å². The third kappa shape index (κ3) is 4.22. The van der Waals surface area contributed by atoms with Crippen molar-refractivity contribution in [2.75, 3.05) is 0 Å². The Kier molecular flexibility index (Phi) is 5.46. The van der Waals surface area contributed by atoms with Crippen LogP contribution in [0.1, 0.15) is 62.0 Å². The first kappa shape index (κ1) is 15.8. The molecule has 1 fully saturated rings. The molecule has 0 saturated heterocycles. The molecule has 0 spiro atoms. The van der Waals surface area contributed by atoms with Crippen molar-refractivity contribution in [1.82, 2.24) is 0 Å². The van der Waals surface area contributed by atoms with Crippen LogP contribution in [-0.4, -0.2) is 11.3 Å². The summed E-state index contributed by atoms with van der Waals surface area (Å²) in [5, 5.41) is 10.7. The Labute approximate surface area is 138 Å². The van der Waals surface area contributed by atoms with Crippen LogP contribution in [0.15, 0.2) is 53.5 Å². The van der Waals surface area contributed by atoms with Gasteiger partial charge in [0.25, 0.3) is 0 Å². The van der Waals surface area contributed by atoms with Crippen LogP contribution < -0.4 is 0 Å². The number of aliphatic imine (C=N–C) groups is 1. The minimum Gasteiger partial charge on any atom is -0.507 e. The van der Waals surface area contributed by atoms with Crippen molar-refractivity contribution in [3.05, 3.63) is 59.7 Å². The van der Waals surface area contributed by atoms with E-state index in [1.165, 1.54) is 44.9 Å². The molecule has 1 aliphatic rings. The number of benzene rings is 2. The number of para-hydroxylation sites is 2. The first-order valence-corrected chi connectivity index (χ1v) is 8.75. The monoisotopic (exact) mass is 307 g/mol. The zero-order valence-corrected chi connectivity index (χ0v) is 13.6. The minimum absolute atomic E-state index is 0.415. The van der Waals surface area contributed by atoms with Crippen LogP contribution in [0, 0.1) is 0 Å². The zero-order chi connectivity index (χ0) is 15.9. The van der Waals surface area contributed by atoms with Crippen molar-refractivity contribution < 1.29 is 5.11 Å². The Morgan fingerprint density at radius 2 is 1.52 bits per heavy atom. The standard InChI is InChI=1S/C21H25NO/c23-21-18(16-22-19-13-7-4-8-14-19)12-9-15-20(21)17-10-5-2-1-3-6-11-17/h4,7-9,12-17,23H,1-3,5-6,10-11H2. The van der Waals surface area contributed by atoms with Crippen LogP contribution in [0.25, 0.3) is 0 Å². The molecular formula is C21H25NO. The van der Waals surface area contributed by atoms with Crippen molar-refractivity contribution in [1.29, 1.82) is 0 Å². The number of rotatable bonds is 3. The molecule has 0 aromatic heterocycles. The van der Waals surface area contributed by atoms with E-state index in [0.29, 0.717) is 11.7 Å². The number of hydrogen-bond acceptors (Lipinski definition) is 2. The first-order chi connectivity index (χ1) is 11.3. The molecule has 0 bridgehead atoms. The van der Waals surface area contributed by atoms with E-state index in [-0.39, 0.29) is 0 Å². The van der Waals surface area contributed by atoms with Crippen LogP contribution in [0.2, 0.25) is 0 Å². The maximum absolute atomic E-state index is 10.7. The molecule has 1 aliphatic carbocycles. The lowest BCUT2D eigenvalue weighted by Gasteiger charge is -2.21. The molecule has 3 rings (SSSR count). The van der Waals surface area contributed by atoms with Gasteiger partial charge in [-0.3, -0.25) is 4.99 Å². The largest absolute Gasteiger partial charge is 0.507 e. The summed E-state index contributed by atoms with van der Waals surface area (Å²) in [7, 11) is 0. The molecule has 2 aromatic carbocycles. The molecule has 0 atom stereocenters. The second kappa shape index (κ2) is 7.96. The Hall–Kier alpha value is -2.09. The topological polar surface area (TPSA) is 32.6 Å². The van der Waals surface area contributed by atoms with Gasteiger partial charge in [0.15, 0.2) is 0 Å². The lowest BCUT2D eigenvalue weighted by atomic mass is 9.85. The molecule has 0 unspecified atom stereocenters. The van der Waals surface area contributed by atoms with Crippen molar-refractivity contribution >= 4 is 11.9 Å². The Morgan fingerprint density at radius 1 is 0.826 bits per heavy atom. The molecule has 0 aliphatic heterocycles. The highest BCUT2D eigenvalue weighted by Gasteiger charge is 2.18. The summed E-state index contributed by atoms with van der Waals surface area (Å²) in [6.07, 6.45) is 10.7. The normalized spacial score (nSPS) is 17.0. The summed E-state index contributed by atoms with van der Waals surface area (Å²) in [4.78, 5) is 4.47. The van der Waals surface area contributed by atoms with E-state index < -0.39 is 0 Å². The zero-order valence-electron chi connectivity index (χ0n) is 13.6. The number of hydrogen-bond donors (Lipinski definition) is 1. The highest BCUT2D eigenvalue weighted by molar-refractivity contribution is 5.86. The fraction of sp³-hybridized carbons (Fsp3) is 0.381. The molecule has 2 heteroatoms. The van der Waals surface area contributed by atoms with Crippen molar-refractivity contribution in [2.24, 2.45) is 4.99 Å². The SMILES string of the molecule is Oc1c(C=Nc2ccccc2)cccc1C1CCCCCCC1. The molecule has 0 radical (unpaired) electrons. The van der Waals surface area contributed by atoms with Crippen LogP contribution >= 0.6 is 0 Å². The highest BCUT2D eigenvalue weighted by atomic mass is 16.3. The van der Waals surface area contributed by atoms with Crippen LogP contribution in [0.4, 0.5) is 5.69 Å². The van der Waals surface area contributed by atoms with Gasteiger partial charge in [-0.15, -0.1) is 0 Å². The van der Waals surface area contributed by atoms with Gasteiger partial charge in [-0.05, 0) is 42.5 Å². The van der Waals surface area contributed by atoms with Gasteiger partial charge in [-0.1, -0.05) is 62.4 Å². The van der Waals surface area contributed by atoms with Gasteiger partial charge in [-0.25, -0.2) is 0 Å². The second-order valence-corrected chi connectivity index (χ2v) is 6.42. The van der Waals surface area contributed by atoms with E-state index in [1.807, 2.05) is 42.5 Å². The summed E-state index contributed by atoms with van der Waals surface area (Å²) < 4.78 is 0. The predicted octanol–water partition coefficient (Wildman–Crippen LogP) is 5.97. The van der Waals surface area contributed by atoms with E-state index in [9.17, 15) is 5.11 Å². The number of nitrogens with zero attached hydrogens (tertiary/aromatic N) is 1. The van der Waals surface area contributed by atoms with E-state index in [0.717, 1.165) is 16.8 Å². The summed E-state index contributed by atoms with van der Waals surface area (Å²) in [6.45, 7) is 0. The Balaban J connectivity index is 1.81. The molecule has 120 valence electrons. The lowest BCUT2D eigenvalue weighted by Crippen LogP contribution is -2.03. The highest BCUT2D eigenvalue weighted by Crippen LogP contribution is 2.36. The average molecular weight is 307 g/mol. The van der Waals surface area contributed by atoms with E-state index in [1.54, 1.807) is 6.21 Å². The van der Waals surface area contributed by atoms with Crippen molar-refractivity contribution in [3.63, 3.8) is 0 Å². The molecule has 0 amide bonds. The second-order valence-electron chi connectivity index (χ2n) is 6.42. The van der Waals surface area contributed by atoms with E-state index in [2.05, 4.69) is 11.1 Å². The number of phenolic OH excluding ortho intramolecular Hbond substituents is 1. The fourth-order valence-electron chi connectivity index (χ4n) is 3.44. The molecule has 0 heterocycles.